The maximum absolute atomic E-state index is 12.8. The molecule has 0 spiro atoms. The van der Waals surface area contributed by atoms with Crippen molar-refractivity contribution in [3.8, 4) is 11.5 Å². The molecule has 2 aromatic carbocycles. The normalized spacial score (nSPS) is 10.6. The number of hydrogen-bond donors (Lipinski definition) is 1. The standard InChI is InChI=1S/C23H26N2O3/c1-3-5-15-27-18-9-6-8-17(16-18)23(26)25-20-11-12-21(28-14-4-2)22-19(20)10-7-13-24-22/h6-13,16H,3-5,14-15H2,1-2H3,(H,25,26). The van der Waals surface area contributed by atoms with Crippen molar-refractivity contribution in [3.63, 3.8) is 0 Å². The topological polar surface area (TPSA) is 60.5 Å². The van der Waals surface area contributed by atoms with Gasteiger partial charge in [0.15, 0.2) is 0 Å². The average Bonchev–Trinajstić information content (AvgIpc) is 2.73. The molecule has 3 rings (SSSR count). The van der Waals surface area contributed by atoms with E-state index < -0.39 is 0 Å². The van der Waals surface area contributed by atoms with E-state index in [2.05, 4.69) is 24.1 Å². The van der Waals surface area contributed by atoms with Gasteiger partial charge in [0.05, 0.1) is 18.9 Å². The van der Waals surface area contributed by atoms with Gasteiger partial charge in [-0.1, -0.05) is 26.3 Å². The highest BCUT2D eigenvalue weighted by Crippen LogP contribution is 2.30. The van der Waals surface area contributed by atoms with Crippen molar-refractivity contribution in [1.29, 1.82) is 0 Å². The summed E-state index contributed by atoms with van der Waals surface area (Å²) in [6.07, 6.45) is 4.70. The number of amides is 1. The van der Waals surface area contributed by atoms with E-state index in [0.717, 1.165) is 35.9 Å². The molecule has 28 heavy (non-hydrogen) atoms. The number of aromatic nitrogens is 1. The van der Waals surface area contributed by atoms with Crippen LogP contribution in [0.2, 0.25) is 0 Å². The number of benzene rings is 2. The molecule has 3 aromatic rings. The molecule has 146 valence electrons. The van der Waals surface area contributed by atoms with Gasteiger partial charge in [0.1, 0.15) is 17.0 Å². The lowest BCUT2D eigenvalue weighted by atomic mass is 10.1. The van der Waals surface area contributed by atoms with Gasteiger partial charge in [-0.05, 0) is 55.3 Å². The first kappa shape index (κ1) is 19.7. The Morgan fingerprint density at radius 1 is 1.00 bits per heavy atom. The van der Waals surface area contributed by atoms with E-state index in [0.29, 0.717) is 30.2 Å². The summed E-state index contributed by atoms with van der Waals surface area (Å²) in [6.45, 7) is 5.45. The van der Waals surface area contributed by atoms with Crippen LogP contribution in [-0.4, -0.2) is 24.1 Å². The Bertz CT molecular complexity index is 940. The van der Waals surface area contributed by atoms with E-state index in [-0.39, 0.29) is 5.91 Å². The minimum atomic E-state index is -0.187. The molecule has 0 unspecified atom stereocenters. The van der Waals surface area contributed by atoms with Crippen LogP contribution in [-0.2, 0) is 0 Å². The fourth-order valence-electron chi connectivity index (χ4n) is 2.84. The molecule has 0 saturated heterocycles. The molecule has 1 aromatic heterocycles. The highest BCUT2D eigenvalue weighted by molar-refractivity contribution is 6.09. The average molecular weight is 378 g/mol. The SMILES string of the molecule is CCCCOc1cccc(C(=O)Nc2ccc(OCCC)c3ncccc23)c1. The van der Waals surface area contributed by atoms with Crippen LogP contribution < -0.4 is 14.8 Å². The number of ether oxygens (including phenoxy) is 2. The molecule has 1 heterocycles. The molecule has 1 N–H and O–H groups in total. The smallest absolute Gasteiger partial charge is 0.255 e. The van der Waals surface area contributed by atoms with Crippen molar-refractivity contribution >= 4 is 22.5 Å². The molecule has 0 atom stereocenters. The van der Waals surface area contributed by atoms with Crippen LogP contribution in [0.5, 0.6) is 11.5 Å². The van der Waals surface area contributed by atoms with Crippen molar-refractivity contribution in [3.05, 3.63) is 60.3 Å². The third-order valence-electron chi connectivity index (χ3n) is 4.31. The number of pyridine rings is 1. The lowest BCUT2D eigenvalue weighted by Crippen LogP contribution is -2.12. The Morgan fingerprint density at radius 2 is 1.89 bits per heavy atom. The third kappa shape index (κ3) is 4.80. The van der Waals surface area contributed by atoms with E-state index in [1.165, 1.54) is 0 Å². The van der Waals surface area contributed by atoms with Crippen LogP contribution in [0.3, 0.4) is 0 Å². The quantitative estimate of drug-likeness (QED) is 0.503. The van der Waals surface area contributed by atoms with Gasteiger partial charge in [-0.2, -0.15) is 0 Å². The van der Waals surface area contributed by atoms with Gasteiger partial charge in [-0.3, -0.25) is 9.78 Å². The van der Waals surface area contributed by atoms with E-state index in [9.17, 15) is 4.79 Å². The maximum Gasteiger partial charge on any atom is 0.255 e. The van der Waals surface area contributed by atoms with E-state index in [1.807, 2.05) is 36.4 Å². The van der Waals surface area contributed by atoms with E-state index in [4.69, 9.17) is 9.47 Å². The first-order valence-corrected chi connectivity index (χ1v) is 9.77. The Kier molecular flexibility index (Phi) is 6.84. The van der Waals surface area contributed by atoms with Gasteiger partial charge in [-0.25, -0.2) is 0 Å². The first-order valence-electron chi connectivity index (χ1n) is 9.77. The number of nitrogens with one attached hydrogen (secondary N) is 1. The summed E-state index contributed by atoms with van der Waals surface area (Å²) < 4.78 is 11.5. The molecule has 5 heteroatoms. The molecule has 0 aliphatic heterocycles. The highest BCUT2D eigenvalue weighted by atomic mass is 16.5. The molecule has 0 aliphatic carbocycles. The van der Waals surface area contributed by atoms with Crippen LogP contribution in [0.1, 0.15) is 43.5 Å². The Morgan fingerprint density at radius 3 is 2.71 bits per heavy atom. The van der Waals surface area contributed by atoms with Crippen LogP contribution >= 0.6 is 0 Å². The zero-order valence-corrected chi connectivity index (χ0v) is 16.4. The van der Waals surface area contributed by atoms with Gasteiger partial charge in [0.25, 0.3) is 5.91 Å². The summed E-state index contributed by atoms with van der Waals surface area (Å²) in [5.41, 5.74) is 2.00. The van der Waals surface area contributed by atoms with Crippen molar-refractivity contribution in [2.45, 2.75) is 33.1 Å². The Labute approximate surface area is 165 Å². The zero-order valence-electron chi connectivity index (χ0n) is 16.4. The maximum atomic E-state index is 12.8. The second-order valence-corrected chi connectivity index (χ2v) is 6.54. The molecule has 0 fully saturated rings. The summed E-state index contributed by atoms with van der Waals surface area (Å²) in [7, 11) is 0. The van der Waals surface area contributed by atoms with E-state index >= 15 is 0 Å². The fourth-order valence-corrected chi connectivity index (χ4v) is 2.84. The van der Waals surface area contributed by atoms with Crippen molar-refractivity contribution in [2.24, 2.45) is 0 Å². The predicted molar refractivity (Wildman–Crippen MR) is 112 cm³/mol. The van der Waals surface area contributed by atoms with Crippen molar-refractivity contribution in [1.82, 2.24) is 4.98 Å². The molecule has 0 aliphatic rings. The molecule has 0 bridgehead atoms. The number of unbranched alkanes of at least 4 members (excludes halogenated alkanes) is 1. The summed E-state index contributed by atoms with van der Waals surface area (Å²) in [4.78, 5) is 17.2. The number of anilines is 1. The van der Waals surface area contributed by atoms with Crippen molar-refractivity contribution in [2.75, 3.05) is 18.5 Å². The predicted octanol–water partition coefficient (Wildman–Crippen LogP) is 5.45. The molecular weight excluding hydrogens is 352 g/mol. The first-order chi connectivity index (χ1) is 13.7. The number of fused-ring (bicyclic) bond motifs is 1. The van der Waals surface area contributed by atoms with Crippen molar-refractivity contribution < 1.29 is 14.3 Å². The fraction of sp³-hybridized carbons (Fsp3) is 0.304. The number of hydrogen-bond acceptors (Lipinski definition) is 4. The highest BCUT2D eigenvalue weighted by Gasteiger charge is 2.12. The van der Waals surface area contributed by atoms with Crippen LogP contribution in [0.15, 0.2) is 54.7 Å². The third-order valence-corrected chi connectivity index (χ3v) is 4.31. The molecule has 1 amide bonds. The summed E-state index contributed by atoms with van der Waals surface area (Å²) in [5, 5.41) is 3.84. The number of carbonyl (C=O) groups excluding carboxylic acids is 1. The van der Waals surface area contributed by atoms with Gasteiger partial charge in [0, 0.05) is 17.1 Å². The second-order valence-electron chi connectivity index (χ2n) is 6.54. The van der Waals surface area contributed by atoms with Gasteiger partial charge in [0.2, 0.25) is 0 Å². The zero-order chi connectivity index (χ0) is 19.8. The summed E-state index contributed by atoms with van der Waals surface area (Å²) in [6, 6.07) is 14.7. The minimum absolute atomic E-state index is 0.187. The number of carbonyl (C=O) groups is 1. The summed E-state index contributed by atoms with van der Waals surface area (Å²) >= 11 is 0. The minimum Gasteiger partial charge on any atom is -0.494 e. The monoisotopic (exact) mass is 378 g/mol. The molecular formula is C23H26N2O3. The van der Waals surface area contributed by atoms with Crippen LogP contribution in [0, 0.1) is 0 Å². The lowest BCUT2D eigenvalue weighted by molar-refractivity contribution is 0.102. The van der Waals surface area contributed by atoms with Crippen LogP contribution in [0.4, 0.5) is 5.69 Å². The number of rotatable bonds is 9. The Hall–Kier alpha value is -3.08. The van der Waals surface area contributed by atoms with Gasteiger partial charge >= 0.3 is 0 Å². The molecule has 0 saturated carbocycles. The summed E-state index contributed by atoms with van der Waals surface area (Å²) in [5.74, 6) is 1.24. The molecule has 0 radical (unpaired) electrons. The molecule has 5 nitrogen and oxygen atoms in total. The Balaban J connectivity index is 1.81. The second kappa shape index (κ2) is 9.74. The van der Waals surface area contributed by atoms with Gasteiger partial charge < -0.3 is 14.8 Å². The van der Waals surface area contributed by atoms with E-state index in [1.54, 1.807) is 18.3 Å². The van der Waals surface area contributed by atoms with Crippen LogP contribution in [0.25, 0.3) is 10.9 Å². The largest absolute Gasteiger partial charge is 0.494 e. The lowest BCUT2D eigenvalue weighted by Gasteiger charge is -2.13. The van der Waals surface area contributed by atoms with Gasteiger partial charge in [-0.15, -0.1) is 0 Å². The number of nitrogens with zero attached hydrogens (tertiary/aromatic N) is 1.